The van der Waals surface area contributed by atoms with Gasteiger partial charge in [0.15, 0.2) is 0 Å². The quantitative estimate of drug-likeness (QED) is 0.920. The van der Waals surface area contributed by atoms with Crippen LogP contribution in [0.3, 0.4) is 0 Å². The van der Waals surface area contributed by atoms with E-state index in [1.165, 1.54) is 0 Å². The van der Waals surface area contributed by atoms with Crippen molar-refractivity contribution in [2.24, 2.45) is 0 Å². The number of methoxy groups -OCH3 is 1. The van der Waals surface area contributed by atoms with Crippen LogP contribution in [0.1, 0.15) is 18.5 Å². The molecule has 1 aliphatic heterocycles. The van der Waals surface area contributed by atoms with E-state index in [2.05, 4.69) is 5.32 Å². The van der Waals surface area contributed by atoms with Crippen molar-refractivity contribution in [1.29, 1.82) is 0 Å². The molecule has 0 aromatic heterocycles. The molecule has 1 heterocycles. The second-order valence-corrected chi connectivity index (χ2v) is 5.16. The van der Waals surface area contributed by atoms with E-state index < -0.39 is 6.10 Å². The average Bonchev–Trinajstić information content (AvgIpc) is 2.46. The summed E-state index contributed by atoms with van der Waals surface area (Å²) in [6.45, 7) is 3.91. The van der Waals surface area contributed by atoms with Crippen LogP contribution < -0.4 is 5.32 Å². The summed E-state index contributed by atoms with van der Waals surface area (Å²) in [6.07, 6.45) is -0.391. The van der Waals surface area contributed by atoms with Crippen molar-refractivity contribution >= 4 is 17.5 Å². The molecular formula is C14H19ClN2O2. The average molecular weight is 283 g/mol. The summed E-state index contributed by atoms with van der Waals surface area (Å²) in [5.74, 6) is 0.0380. The summed E-state index contributed by atoms with van der Waals surface area (Å²) in [5.41, 5.74) is 1.11. The number of hydrogen-bond acceptors (Lipinski definition) is 3. The van der Waals surface area contributed by atoms with Crippen LogP contribution in [0.4, 0.5) is 0 Å². The summed E-state index contributed by atoms with van der Waals surface area (Å²) in [7, 11) is 1.55. The largest absolute Gasteiger partial charge is 0.372 e. The Bertz CT molecular complexity index is 453. The third-order valence-electron chi connectivity index (χ3n) is 3.44. The Morgan fingerprint density at radius 3 is 3.05 bits per heavy atom. The van der Waals surface area contributed by atoms with Crippen molar-refractivity contribution in [3.63, 3.8) is 0 Å². The Morgan fingerprint density at radius 1 is 1.58 bits per heavy atom. The highest BCUT2D eigenvalue weighted by Crippen LogP contribution is 2.21. The van der Waals surface area contributed by atoms with Gasteiger partial charge in [0, 0.05) is 37.8 Å². The molecule has 0 aliphatic carbocycles. The number of carbonyl (C=O) groups is 1. The van der Waals surface area contributed by atoms with Gasteiger partial charge in [-0.2, -0.15) is 0 Å². The fourth-order valence-corrected chi connectivity index (χ4v) is 2.45. The van der Waals surface area contributed by atoms with Gasteiger partial charge in [0.25, 0.3) is 5.91 Å². The highest BCUT2D eigenvalue weighted by atomic mass is 35.5. The maximum Gasteiger partial charge on any atom is 0.251 e. The molecule has 2 rings (SSSR count). The van der Waals surface area contributed by atoms with Crippen molar-refractivity contribution in [2.45, 2.75) is 19.1 Å². The van der Waals surface area contributed by atoms with Gasteiger partial charge >= 0.3 is 0 Å². The number of halogens is 1. The van der Waals surface area contributed by atoms with Crippen molar-refractivity contribution in [1.82, 2.24) is 10.2 Å². The smallest absolute Gasteiger partial charge is 0.251 e. The fraction of sp³-hybridized carbons (Fsp3) is 0.500. The topological polar surface area (TPSA) is 41.6 Å². The summed E-state index contributed by atoms with van der Waals surface area (Å²) in [6, 6.07) is 7.87. The van der Waals surface area contributed by atoms with Gasteiger partial charge in [-0.25, -0.2) is 0 Å². The molecule has 1 fully saturated rings. The summed E-state index contributed by atoms with van der Waals surface area (Å²) in [4.78, 5) is 14.0. The van der Waals surface area contributed by atoms with Crippen LogP contribution in [-0.2, 0) is 9.53 Å². The van der Waals surface area contributed by atoms with Crippen LogP contribution in [0.15, 0.2) is 24.3 Å². The first kappa shape index (κ1) is 14.3. The van der Waals surface area contributed by atoms with Crippen molar-refractivity contribution in [3.05, 3.63) is 34.9 Å². The fourth-order valence-electron chi connectivity index (χ4n) is 2.25. The van der Waals surface area contributed by atoms with E-state index in [9.17, 15) is 4.79 Å². The molecule has 5 heteroatoms. The minimum atomic E-state index is -0.391. The lowest BCUT2D eigenvalue weighted by molar-refractivity contribution is -0.142. The van der Waals surface area contributed by atoms with Crippen molar-refractivity contribution < 1.29 is 9.53 Å². The molecule has 1 amide bonds. The highest BCUT2D eigenvalue weighted by Gasteiger charge is 2.27. The zero-order valence-corrected chi connectivity index (χ0v) is 12.0. The number of benzene rings is 1. The van der Waals surface area contributed by atoms with Gasteiger partial charge < -0.3 is 15.0 Å². The standard InChI is InChI=1S/C14H19ClN2O2/c1-10(19-2)14(18)17-7-6-16-13(9-17)11-4-3-5-12(15)8-11/h3-5,8,10,13,16H,6-7,9H2,1-2H3/t10-,13+/m0/s1. The third kappa shape index (κ3) is 3.47. The minimum absolute atomic E-state index is 0.0380. The molecule has 1 N–H and O–H groups in total. The number of hydrogen-bond donors (Lipinski definition) is 1. The molecule has 1 saturated heterocycles. The second-order valence-electron chi connectivity index (χ2n) is 4.72. The first-order chi connectivity index (χ1) is 9.11. The van der Waals surface area contributed by atoms with E-state index in [0.29, 0.717) is 18.1 Å². The van der Waals surface area contributed by atoms with Crippen LogP contribution >= 0.6 is 11.6 Å². The molecule has 104 valence electrons. The Morgan fingerprint density at radius 2 is 2.37 bits per heavy atom. The number of carbonyl (C=O) groups excluding carboxylic acids is 1. The lowest BCUT2D eigenvalue weighted by Gasteiger charge is -2.35. The highest BCUT2D eigenvalue weighted by molar-refractivity contribution is 6.30. The molecule has 0 saturated carbocycles. The van der Waals surface area contributed by atoms with E-state index in [-0.39, 0.29) is 11.9 Å². The normalized spacial score (nSPS) is 21.2. The molecule has 1 aromatic rings. The van der Waals surface area contributed by atoms with Gasteiger partial charge in [0.2, 0.25) is 0 Å². The zero-order chi connectivity index (χ0) is 13.8. The van der Waals surface area contributed by atoms with Crippen LogP contribution in [0.25, 0.3) is 0 Å². The molecule has 0 unspecified atom stereocenters. The van der Waals surface area contributed by atoms with Gasteiger partial charge in [0.1, 0.15) is 6.10 Å². The van der Waals surface area contributed by atoms with Gasteiger partial charge in [0.05, 0.1) is 0 Å². The first-order valence-electron chi connectivity index (χ1n) is 6.42. The van der Waals surface area contributed by atoms with E-state index >= 15 is 0 Å². The Hall–Kier alpha value is -1.10. The van der Waals surface area contributed by atoms with Crippen LogP contribution in [-0.4, -0.2) is 43.7 Å². The molecule has 1 aliphatic rings. The summed E-state index contributed by atoms with van der Waals surface area (Å²) < 4.78 is 5.09. The monoisotopic (exact) mass is 282 g/mol. The predicted molar refractivity (Wildman–Crippen MR) is 75.2 cm³/mol. The van der Waals surface area contributed by atoms with Crippen LogP contribution in [0.5, 0.6) is 0 Å². The lowest BCUT2D eigenvalue weighted by Crippen LogP contribution is -2.51. The van der Waals surface area contributed by atoms with Crippen LogP contribution in [0.2, 0.25) is 5.02 Å². The number of piperazine rings is 1. The van der Waals surface area contributed by atoms with E-state index in [0.717, 1.165) is 12.1 Å². The van der Waals surface area contributed by atoms with E-state index in [1.54, 1.807) is 14.0 Å². The molecule has 0 spiro atoms. The van der Waals surface area contributed by atoms with Gasteiger partial charge in [-0.3, -0.25) is 4.79 Å². The molecule has 2 atom stereocenters. The number of amides is 1. The maximum atomic E-state index is 12.1. The molecule has 0 bridgehead atoms. The van der Waals surface area contributed by atoms with Crippen LogP contribution in [0, 0.1) is 0 Å². The van der Waals surface area contributed by atoms with Gasteiger partial charge in [-0.1, -0.05) is 23.7 Å². The minimum Gasteiger partial charge on any atom is -0.372 e. The molecular weight excluding hydrogens is 264 g/mol. The number of nitrogens with one attached hydrogen (secondary N) is 1. The Kier molecular flexibility index (Phi) is 4.80. The molecule has 0 radical (unpaired) electrons. The number of ether oxygens (including phenoxy) is 1. The van der Waals surface area contributed by atoms with E-state index in [4.69, 9.17) is 16.3 Å². The predicted octanol–water partition coefficient (Wildman–Crippen LogP) is 1.85. The zero-order valence-electron chi connectivity index (χ0n) is 11.2. The van der Waals surface area contributed by atoms with E-state index in [1.807, 2.05) is 29.2 Å². The number of rotatable bonds is 3. The van der Waals surface area contributed by atoms with Crippen molar-refractivity contribution in [2.75, 3.05) is 26.7 Å². The Balaban J connectivity index is 2.07. The lowest BCUT2D eigenvalue weighted by atomic mass is 10.0. The van der Waals surface area contributed by atoms with Crippen molar-refractivity contribution in [3.8, 4) is 0 Å². The summed E-state index contributed by atoms with van der Waals surface area (Å²) >= 11 is 6.01. The number of nitrogens with zero attached hydrogens (tertiary/aromatic N) is 1. The molecule has 4 nitrogen and oxygen atoms in total. The third-order valence-corrected chi connectivity index (χ3v) is 3.67. The SMILES string of the molecule is CO[C@@H](C)C(=O)N1CCN[C@@H](c2cccc(Cl)c2)C1. The van der Waals surface area contributed by atoms with Gasteiger partial charge in [-0.05, 0) is 24.6 Å². The summed E-state index contributed by atoms with van der Waals surface area (Å²) in [5, 5.41) is 4.13. The molecule has 19 heavy (non-hydrogen) atoms. The maximum absolute atomic E-state index is 12.1. The van der Waals surface area contributed by atoms with Gasteiger partial charge in [-0.15, -0.1) is 0 Å². The second kappa shape index (κ2) is 6.37. The Labute approximate surface area is 118 Å². The first-order valence-corrected chi connectivity index (χ1v) is 6.80. The molecule has 1 aromatic carbocycles.